The molecular weight excluding hydrogens is 336 g/mol. The topological polar surface area (TPSA) is 35.5 Å². The number of benzene rings is 3. The first-order chi connectivity index (χ1) is 13.1. The highest BCUT2D eigenvalue weighted by Crippen LogP contribution is 2.29. The van der Waals surface area contributed by atoms with Crippen LogP contribution < -0.4 is 4.74 Å². The summed E-state index contributed by atoms with van der Waals surface area (Å²) in [6.07, 6.45) is 4.41. The lowest BCUT2D eigenvalue weighted by Gasteiger charge is -2.10. The van der Waals surface area contributed by atoms with Crippen molar-refractivity contribution in [1.29, 1.82) is 0 Å². The Balaban J connectivity index is 1.79. The predicted molar refractivity (Wildman–Crippen MR) is 111 cm³/mol. The number of hydrogen-bond acceptors (Lipinski definition) is 3. The van der Waals surface area contributed by atoms with E-state index in [0.717, 1.165) is 24.0 Å². The molecule has 136 valence electrons. The molecule has 0 bridgehead atoms. The average molecular weight is 358 g/mol. The smallest absolute Gasteiger partial charge is 0.330 e. The third-order valence-corrected chi connectivity index (χ3v) is 4.37. The Morgan fingerprint density at radius 2 is 1.63 bits per heavy atom. The summed E-state index contributed by atoms with van der Waals surface area (Å²) in [6, 6.07) is 16.7. The number of carbonyl (C=O) groups is 1. The number of ether oxygens (including phenoxy) is 2. The molecule has 0 N–H and O–H groups in total. The van der Waals surface area contributed by atoms with E-state index in [9.17, 15) is 4.79 Å². The third-order valence-electron chi connectivity index (χ3n) is 4.37. The van der Waals surface area contributed by atoms with Gasteiger partial charge in [-0.15, -0.1) is 0 Å². The highest BCUT2D eigenvalue weighted by atomic mass is 16.5. The molecule has 0 atom stereocenters. The summed E-state index contributed by atoms with van der Waals surface area (Å²) < 4.78 is 10.7. The number of allylic oxidation sites excluding steroid dienone is 1. The van der Waals surface area contributed by atoms with Crippen molar-refractivity contribution in [2.75, 3.05) is 6.61 Å². The van der Waals surface area contributed by atoms with Crippen molar-refractivity contribution in [3.63, 3.8) is 0 Å². The maximum absolute atomic E-state index is 11.1. The molecule has 0 saturated heterocycles. The molecule has 0 heterocycles. The first kappa shape index (κ1) is 18.5. The number of esters is 1. The molecule has 0 aliphatic carbocycles. The van der Waals surface area contributed by atoms with E-state index in [4.69, 9.17) is 9.47 Å². The van der Waals surface area contributed by atoms with Gasteiger partial charge < -0.3 is 9.47 Å². The third kappa shape index (κ3) is 4.45. The monoisotopic (exact) mass is 358 g/mol. The van der Waals surface area contributed by atoms with E-state index in [-0.39, 0.29) is 5.97 Å². The first-order valence-corrected chi connectivity index (χ1v) is 8.84. The van der Waals surface area contributed by atoms with Gasteiger partial charge in [0, 0.05) is 6.08 Å². The molecular formula is C24H22O3. The molecule has 3 heteroatoms. The van der Waals surface area contributed by atoms with Crippen LogP contribution in [0, 0.1) is 0 Å². The summed E-state index contributed by atoms with van der Waals surface area (Å²) in [5, 5.41) is 4.67. The lowest BCUT2D eigenvalue weighted by molar-refractivity contribution is -0.137. The van der Waals surface area contributed by atoms with Crippen molar-refractivity contribution in [2.45, 2.75) is 12.8 Å². The zero-order valence-electron chi connectivity index (χ0n) is 15.2. The quantitative estimate of drug-likeness (QED) is 0.129. The molecule has 3 aromatic carbocycles. The predicted octanol–water partition coefficient (Wildman–Crippen LogP) is 5.73. The van der Waals surface area contributed by atoms with Gasteiger partial charge in [-0.3, -0.25) is 0 Å². The van der Waals surface area contributed by atoms with Gasteiger partial charge in [-0.1, -0.05) is 56.1 Å². The number of aryl methyl sites for hydroxylation is 1. The Hall–Kier alpha value is -3.33. The Bertz CT molecular complexity index is 1030. The molecule has 3 nitrogen and oxygen atoms in total. The molecule has 0 aromatic heterocycles. The van der Waals surface area contributed by atoms with E-state index in [1.165, 1.54) is 27.8 Å². The second kappa shape index (κ2) is 8.37. The summed E-state index contributed by atoms with van der Waals surface area (Å²) >= 11 is 0. The van der Waals surface area contributed by atoms with Crippen molar-refractivity contribution in [3.05, 3.63) is 91.7 Å². The van der Waals surface area contributed by atoms with Gasteiger partial charge in [0.15, 0.2) is 0 Å². The maximum Gasteiger partial charge on any atom is 0.330 e. The lowest BCUT2D eigenvalue weighted by Crippen LogP contribution is -2.02. The molecule has 0 amide bonds. The molecule has 3 aromatic rings. The van der Waals surface area contributed by atoms with Crippen molar-refractivity contribution >= 4 is 27.5 Å². The number of rotatable bonds is 8. The highest BCUT2D eigenvalue weighted by molar-refractivity contribution is 6.07. The molecule has 0 aliphatic rings. The summed E-state index contributed by atoms with van der Waals surface area (Å²) in [4.78, 5) is 11.1. The fourth-order valence-corrected chi connectivity index (χ4v) is 3.02. The van der Waals surface area contributed by atoms with Crippen LogP contribution in [0.5, 0.6) is 5.75 Å². The van der Waals surface area contributed by atoms with E-state index >= 15 is 0 Å². The Morgan fingerprint density at radius 3 is 2.33 bits per heavy atom. The molecule has 0 spiro atoms. The van der Waals surface area contributed by atoms with Gasteiger partial charge in [-0.25, -0.2) is 4.79 Å². The molecule has 0 saturated carbocycles. The molecule has 27 heavy (non-hydrogen) atoms. The minimum Gasteiger partial charge on any atom is -0.463 e. The molecule has 0 fully saturated rings. The average Bonchev–Trinajstić information content (AvgIpc) is 2.70. The van der Waals surface area contributed by atoms with Crippen molar-refractivity contribution < 1.29 is 14.3 Å². The van der Waals surface area contributed by atoms with Gasteiger partial charge in [-0.05, 0) is 58.2 Å². The Labute approximate surface area is 159 Å². The molecule has 3 rings (SSSR count). The Morgan fingerprint density at radius 1 is 0.926 bits per heavy atom. The van der Waals surface area contributed by atoms with Crippen molar-refractivity contribution in [1.82, 2.24) is 0 Å². The summed E-state index contributed by atoms with van der Waals surface area (Å²) in [5.74, 6) is 0.899. The van der Waals surface area contributed by atoms with Crippen LogP contribution in [0.4, 0.5) is 0 Å². The van der Waals surface area contributed by atoms with Crippen molar-refractivity contribution in [2.24, 2.45) is 0 Å². The van der Waals surface area contributed by atoms with Gasteiger partial charge in [0.25, 0.3) is 0 Å². The number of hydrogen-bond donors (Lipinski definition) is 0. The standard InChI is InChI=1S/C24H22O3/c1-4-17(3)27-21-11-13-23-20(16-21)10-9-19-15-18(8-12-22(19)23)7-6-14-26-24(25)5-2/h4-5,8-13,15-16H,1-3,6-7,14H2. The number of carbonyl (C=O) groups excluding carboxylic acids is 1. The van der Waals surface area contributed by atoms with E-state index in [0.29, 0.717) is 12.4 Å². The van der Waals surface area contributed by atoms with Gasteiger partial charge in [0.1, 0.15) is 11.5 Å². The van der Waals surface area contributed by atoms with Crippen LogP contribution in [0.15, 0.2) is 86.2 Å². The first-order valence-electron chi connectivity index (χ1n) is 8.84. The summed E-state index contributed by atoms with van der Waals surface area (Å²) in [7, 11) is 0. The maximum atomic E-state index is 11.1. The van der Waals surface area contributed by atoms with Crippen LogP contribution in [-0.2, 0) is 16.0 Å². The lowest BCUT2D eigenvalue weighted by atomic mass is 9.98. The van der Waals surface area contributed by atoms with Crippen LogP contribution in [0.3, 0.4) is 0 Å². The normalized spacial score (nSPS) is 10.5. The van der Waals surface area contributed by atoms with Crippen LogP contribution in [0.2, 0.25) is 0 Å². The van der Waals surface area contributed by atoms with E-state index in [2.05, 4.69) is 56.1 Å². The second-order valence-corrected chi connectivity index (χ2v) is 6.25. The van der Waals surface area contributed by atoms with Crippen LogP contribution in [-0.4, -0.2) is 12.6 Å². The SMILES string of the molecule is C=CC(=C)Oc1ccc2c(ccc3cc(CCCOC(=O)C=C)ccc32)c1. The minimum atomic E-state index is -0.375. The van der Waals surface area contributed by atoms with Gasteiger partial charge in [-0.2, -0.15) is 0 Å². The summed E-state index contributed by atoms with van der Waals surface area (Å²) in [5.41, 5.74) is 1.22. The number of fused-ring (bicyclic) bond motifs is 3. The zero-order chi connectivity index (χ0) is 19.2. The molecule has 0 unspecified atom stereocenters. The largest absolute Gasteiger partial charge is 0.463 e. The van der Waals surface area contributed by atoms with Gasteiger partial charge >= 0.3 is 5.97 Å². The summed E-state index contributed by atoms with van der Waals surface area (Å²) in [6.45, 7) is 11.2. The van der Waals surface area contributed by atoms with E-state index < -0.39 is 0 Å². The van der Waals surface area contributed by atoms with Crippen molar-refractivity contribution in [3.8, 4) is 5.75 Å². The Kier molecular flexibility index (Phi) is 5.72. The van der Waals surface area contributed by atoms with Crippen LogP contribution in [0.25, 0.3) is 21.5 Å². The van der Waals surface area contributed by atoms with Crippen LogP contribution in [0.1, 0.15) is 12.0 Å². The van der Waals surface area contributed by atoms with Gasteiger partial charge in [0.2, 0.25) is 0 Å². The zero-order valence-corrected chi connectivity index (χ0v) is 15.2. The van der Waals surface area contributed by atoms with E-state index in [1.54, 1.807) is 6.08 Å². The fraction of sp³-hybridized carbons (Fsp3) is 0.125. The van der Waals surface area contributed by atoms with Gasteiger partial charge in [0.05, 0.1) is 6.61 Å². The molecule has 0 radical (unpaired) electrons. The van der Waals surface area contributed by atoms with E-state index in [1.807, 2.05) is 12.1 Å². The minimum absolute atomic E-state index is 0.375. The molecule has 0 aliphatic heterocycles. The fourth-order valence-electron chi connectivity index (χ4n) is 3.02. The highest BCUT2D eigenvalue weighted by Gasteiger charge is 2.05. The van der Waals surface area contributed by atoms with Crippen LogP contribution >= 0.6 is 0 Å². The second-order valence-electron chi connectivity index (χ2n) is 6.25.